The summed E-state index contributed by atoms with van der Waals surface area (Å²) in [5.74, 6) is -2.16. The molecule has 0 amide bonds. The lowest BCUT2D eigenvalue weighted by molar-refractivity contribution is -0.152. The minimum Gasteiger partial charge on any atom is -0.481 e. The Morgan fingerprint density at radius 3 is 2.43 bits per heavy atom. The van der Waals surface area contributed by atoms with Crippen LogP contribution in [0.25, 0.3) is 0 Å². The van der Waals surface area contributed by atoms with Gasteiger partial charge in [-0.3, -0.25) is 9.59 Å². The largest absolute Gasteiger partial charge is 0.481 e. The molecule has 4 heteroatoms. The Bertz CT molecular complexity index is 286. The van der Waals surface area contributed by atoms with E-state index in [1.165, 1.54) is 0 Å². The van der Waals surface area contributed by atoms with E-state index in [2.05, 4.69) is 0 Å². The van der Waals surface area contributed by atoms with E-state index in [1.807, 2.05) is 0 Å². The Balaban J connectivity index is 2.28. The van der Waals surface area contributed by atoms with Crippen LogP contribution < -0.4 is 0 Å². The molecule has 2 aliphatic carbocycles. The molecule has 0 aliphatic heterocycles. The maximum absolute atomic E-state index is 11.2. The normalized spacial score (nSPS) is 40.9. The lowest BCUT2D eigenvalue weighted by atomic mass is 9.78. The summed E-state index contributed by atoms with van der Waals surface area (Å²) in [6.45, 7) is 0. The number of hydrogen-bond acceptors (Lipinski definition) is 2. The third-order valence-corrected chi connectivity index (χ3v) is 3.98. The van der Waals surface area contributed by atoms with E-state index >= 15 is 0 Å². The van der Waals surface area contributed by atoms with Crippen LogP contribution in [-0.2, 0) is 9.59 Å². The molecule has 2 fully saturated rings. The van der Waals surface area contributed by atoms with Gasteiger partial charge in [-0.15, -0.1) is 0 Å². The molecule has 0 saturated heterocycles. The zero-order valence-corrected chi connectivity index (χ0v) is 7.90. The molecule has 0 unspecified atom stereocenters. The molecule has 78 valence electrons. The highest BCUT2D eigenvalue weighted by Crippen LogP contribution is 2.57. The fourth-order valence-corrected chi connectivity index (χ4v) is 3.28. The molecular weight excluding hydrogens is 184 g/mol. The van der Waals surface area contributed by atoms with Crippen molar-refractivity contribution in [2.75, 3.05) is 0 Å². The van der Waals surface area contributed by atoms with Crippen molar-refractivity contribution in [2.24, 2.45) is 17.3 Å². The molecule has 14 heavy (non-hydrogen) atoms. The van der Waals surface area contributed by atoms with Gasteiger partial charge in [0.05, 0.1) is 11.3 Å². The van der Waals surface area contributed by atoms with Gasteiger partial charge >= 0.3 is 11.9 Å². The van der Waals surface area contributed by atoms with Gasteiger partial charge in [-0.1, -0.05) is 6.42 Å². The van der Waals surface area contributed by atoms with E-state index in [0.29, 0.717) is 19.3 Å². The predicted octanol–water partition coefficient (Wildman–Crippen LogP) is 1.35. The van der Waals surface area contributed by atoms with Crippen molar-refractivity contribution < 1.29 is 19.8 Å². The van der Waals surface area contributed by atoms with Crippen molar-refractivity contribution in [3.05, 3.63) is 0 Å². The first kappa shape index (κ1) is 9.49. The average Bonchev–Trinajstić information content (AvgIpc) is 2.58. The topological polar surface area (TPSA) is 74.6 Å². The zero-order chi connectivity index (χ0) is 10.3. The van der Waals surface area contributed by atoms with E-state index in [-0.39, 0.29) is 5.92 Å². The first-order valence-electron chi connectivity index (χ1n) is 5.04. The van der Waals surface area contributed by atoms with Crippen LogP contribution in [0.3, 0.4) is 0 Å². The first-order chi connectivity index (χ1) is 6.58. The molecule has 0 heterocycles. The lowest BCUT2D eigenvalue weighted by Gasteiger charge is -2.24. The Labute approximate surface area is 81.9 Å². The van der Waals surface area contributed by atoms with Crippen LogP contribution in [0.4, 0.5) is 0 Å². The first-order valence-corrected chi connectivity index (χ1v) is 5.04. The Hall–Kier alpha value is -1.06. The van der Waals surface area contributed by atoms with Gasteiger partial charge in [0, 0.05) is 0 Å². The molecule has 2 N–H and O–H groups in total. The van der Waals surface area contributed by atoms with Crippen LogP contribution in [0.15, 0.2) is 0 Å². The fourth-order valence-electron chi connectivity index (χ4n) is 3.28. The summed E-state index contributed by atoms with van der Waals surface area (Å²) in [5, 5.41) is 18.1. The van der Waals surface area contributed by atoms with Gasteiger partial charge in [0.2, 0.25) is 0 Å². The SMILES string of the molecule is O=C(O)[C@@H]1CC[C@]2(C(=O)O)CCC[C@H]12. The van der Waals surface area contributed by atoms with Crippen LogP contribution in [0.5, 0.6) is 0 Å². The fraction of sp³-hybridized carbons (Fsp3) is 0.800. The second kappa shape index (κ2) is 2.97. The number of fused-ring (bicyclic) bond motifs is 1. The number of rotatable bonds is 2. The van der Waals surface area contributed by atoms with Crippen molar-refractivity contribution in [3.63, 3.8) is 0 Å². The van der Waals surface area contributed by atoms with Crippen molar-refractivity contribution in [2.45, 2.75) is 32.1 Å². The number of carboxylic acid groups (broad SMARTS) is 2. The summed E-state index contributed by atoms with van der Waals surface area (Å²) >= 11 is 0. The minimum absolute atomic E-state index is 0.127. The lowest BCUT2D eigenvalue weighted by Crippen LogP contribution is -2.33. The van der Waals surface area contributed by atoms with Crippen LogP contribution in [0.2, 0.25) is 0 Å². The summed E-state index contributed by atoms with van der Waals surface area (Å²) in [5.41, 5.74) is -0.705. The molecule has 0 radical (unpaired) electrons. The molecule has 2 aliphatic rings. The Morgan fingerprint density at radius 2 is 1.86 bits per heavy atom. The van der Waals surface area contributed by atoms with Crippen molar-refractivity contribution in [1.29, 1.82) is 0 Å². The standard InChI is InChI=1S/C10H14O4/c11-8(12)6-3-5-10(9(13)14)4-1-2-7(6)10/h6-7H,1-5H2,(H,11,12)(H,13,14)/t6-,7-,10-/m1/s1. The Morgan fingerprint density at radius 1 is 1.14 bits per heavy atom. The maximum Gasteiger partial charge on any atom is 0.309 e. The van der Waals surface area contributed by atoms with Gasteiger partial charge < -0.3 is 10.2 Å². The second-order valence-corrected chi connectivity index (χ2v) is 4.44. The second-order valence-electron chi connectivity index (χ2n) is 4.44. The van der Waals surface area contributed by atoms with Gasteiger partial charge in [-0.05, 0) is 31.6 Å². The summed E-state index contributed by atoms with van der Waals surface area (Å²) in [4.78, 5) is 22.1. The molecule has 0 bridgehead atoms. The number of hydrogen-bond donors (Lipinski definition) is 2. The molecule has 2 rings (SSSR count). The molecular formula is C10H14O4. The average molecular weight is 198 g/mol. The zero-order valence-electron chi connectivity index (χ0n) is 7.90. The van der Waals surface area contributed by atoms with Gasteiger partial charge in [0.1, 0.15) is 0 Å². The molecule has 2 saturated carbocycles. The quantitative estimate of drug-likeness (QED) is 0.702. The predicted molar refractivity (Wildman–Crippen MR) is 47.8 cm³/mol. The highest BCUT2D eigenvalue weighted by atomic mass is 16.4. The molecule has 0 aromatic carbocycles. The van der Waals surface area contributed by atoms with Crippen molar-refractivity contribution >= 4 is 11.9 Å². The third kappa shape index (κ3) is 1.06. The van der Waals surface area contributed by atoms with Gasteiger partial charge in [-0.25, -0.2) is 0 Å². The van der Waals surface area contributed by atoms with E-state index in [4.69, 9.17) is 5.11 Å². The van der Waals surface area contributed by atoms with Crippen molar-refractivity contribution in [3.8, 4) is 0 Å². The molecule has 3 atom stereocenters. The molecule has 0 aromatic rings. The summed E-state index contributed by atoms with van der Waals surface area (Å²) in [6.07, 6.45) is 3.37. The molecule has 0 aromatic heterocycles. The van der Waals surface area contributed by atoms with Crippen LogP contribution in [0, 0.1) is 17.3 Å². The smallest absolute Gasteiger partial charge is 0.309 e. The third-order valence-electron chi connectivity index (χ3n) is 3.98. The maximum atomic E-state index is 11.2. The Kier molecular flexibility index (Phi) is 2.01. The van der Waals surface area contributed by atoms with E-state index in [1.54, 1.807) is 0 Å². The summed E-state index contributed by atoms with van der Waals surface area (Å²) in [7, 11) is 0. The van der Waals surface area contributed by atoms with Gasteiger partial charge in [-0.2, -0.15) is 0 Å². The molecule has 4 nitrogen and oxygen atoms in total. The van der Waals surface area contributed by atoms with E-state index < -0.39 is 23.3 Å². The minimum atomic E-state index is -0.819. The van der Waals surface area contributed by atoms with E-state index in [0.717, 1.165) is 12.8 Å². The number of carboxylic acids is 2. The van der Waals surface area contributed by atoms with E-state index in [9.17, 15) is 14.7 Å². The number of carbonyl (C=O) groups is 2. The number of aliphatic carboxylic acids is 2. The van der Waals surface area contributed by atoms with Crippen molar-refractivity contribution in [1.82, 2.24) is 0 Å². The summed E-state index contributed by atoms with van der Waals surface area (Å²) in [6, 6.07) is 0. The van der Waals surface area contributed by atoms with Crippen LogP contribution in [0.1, 0.15) is 32.1 Å². The highest BCUT2D eigenvalue weighted by molar-refractivity contribution is 5.79. The van der Waals surface area contributed by atoms with Crippen LogP contribution in [-0.4, -0.2) is 22.2 Å². The molecule has 0 spiro atoms. The highest BCUT2D eigenvalue weighted by Gasteiger charge is 2.57. The monoisotopic (exact) mass is 198 g/mol. The van der Waals surface area contributed by atoms with Crippen LogP contribution >= 0.6 is 0 Å². The summed E-state index contributed by atoms with van der Waals surface area (Å²) < 4.78 is 0. The van der Waals surface area contributed by atoms with Gasteiger partial charge in [0.15, 0.2) is 0 Å². The van der Waals surface area contributed by atoms with Gasteiger partial charge in [0.25, 0.3) is 0 Å².